The zero-order chi connectivity index (χ0) is 24.2. The van der Waals surface area contributed by atoms with Crippen molar-refractivity contribution < 1.29 is 5.11 Å². The molecule has 33 heavy (non-hydrogen) atoms. The van der Waals surface area contributed by atoms with Gasteiger partial charge in [0.15, 0.2) is 0 Å². The predicted molar refractivity (Wildman–Crippen MR) is 151 cm³/mol. The lowest BCUT2D eigenvalue weighted by molar-refractivity contribution is 0.0839. The van der Waals surface area contributed by atoms with Crippen molar-refractivity contribution in [3.63, 3.8) is 0 Å². The van der Waals surface area contributed by atoms with Crippen LogP contribution in [0, 0.1) is 5.92 Å². The SMILES string of the molecule is CCCCC/C=C\CCCC(O)C(CCCCCCCCCC)CCCCCCCCCC. The minimum absolute atomic E-state index is 0.0763. The quantitative estimate of drug-likeness (QED) is 0.0946. The molecule has 0 fully saturated rings. The van der Waals surface area contributed by atoms with E-state index in [4.69, 9.17) is 0 Å². The van der Waals surface area contributed by atoms with Gasteiger partial charge in [0.05, 0.1) is 6.10 Å². The molecular weight excluding hydrogens is 400 g/mol. The zero-order valence-corrected chi connectivity index (χ0v) is 23.4. The summed E-state index contributed by atoms with van der Waals surface area (Å²) in [6, 6.07) is 0. The Labute approximate surface area is 210 Å². The number of allylic oxidation sites excluding steroid dienone is 2. The third-order valence-electron chi connectivity index (χ3n) is 7.41. The van der Waals surface area contributed by atoms with Crippen LogP contribution < -0.4 is 0 Å². The number of hydrogen-bond acceptors (Lipinski definition) is 1. The third kappa shape index (κ3) is 24.6. The Kier molecular flexibility index (Phi) is 27.7. The van der Waals surface area contributed by atoms with Crippen molar-refractivity contribution in [3.05, 3.63) is 12.2 Å². The molecule has 0 spiro atoms. The van der Waals surface area contributed by atoms with Gasteiger partial charge in [-0.05, 0) is 50.9 Å². The lowest BCUT2D eigenvalue weighted by atomic mass is 9.87. The van der Waals surface area contributed by atoms with Crippen LogP contribution in [0.1, 0.15) is 181 Å². The minimum Gasteiger partial charge on any atom is -0.393 e. The van der Waals surface area contributed by atoms with E-state index in [9.17, 15) is 5.11 Å². The molecule has 1 atom stereocenters. The van der Waals surface area contributed by atoms with Crippen LogP contribution in [0.5, 0.6) is 0 Å². The van der Waals surface area contributed by atoms with Gasteiger partial charge < -0.3 is 5.11 Å². The van der Waals surface area contributed by atoms with Crippen LogP contribution in [-0.4, -0.2) is 11.2 Å². The van der Waals surface area contributed by atoms with E-state index in [1.54, 1.807) is 0 Å². The maximum Gasteiger partial charge on any atom is 0.0568 e. The van der Waals surface area contributed by atoms with Crippen LogP contribution in [0.25, 0.3) is 0 Å². The maximum absolute atomic E-state index is 11.0. The molecular formula is C32H64O. The van der Waals surface area contributed by atoms with Gasteiger partial charge in [0, 0.05) is 0 Å². The molecule has 0 aromatic rings. The van der Waals surface area contributed by atoms with Crippen molar-refractivity contribution in [3.8, 4) is 0 Å². The summed E-state index contributed by atoms with van der Waals surface area (Å²) >= 11 is 0. The van der Waals surface area contributed by atoms with Crippen LogP contribution in [0.2, 0.25) is 0 Å². The molecule has 0 aromatic heterocycles. The van der Waals surface area contributed by atoms with Crippen molar-refractivity contribution in [2.24, 2.45) is 5.92 Å². The molecule has 1 heteroatoms. The van der Waals surface area contributed by atoms with E-state index in [1.807, 2.05) is 0 Å². The second-order valence-electron chi connectivity index (χ2n) is 10.8. The van der Waals surface area contributed by atoms with Gasteiger partial charge in [-0.2, -0.15) is 0 Å². The highest BCUT2D eigenvalue weighted by molar-refractivity contribution is 4.82. The molecule has 0 aliphatic carbocycles. The van der Waals surface area contributed by atoms with E-state index in [0.29, 0.717) is 5.92 Å². The van der Waals surface area contributed by atoms with Crippen molar-refractivity contribution in [1.82, 2.24) is 0 Å². The summed E-state index contributed by atoms with van der Waals surface area (Å²) in [6.45, 7) is 6.85. The first-order valence-electron chi connectivity index (χ1n) is 15.6. The van der Waals surface area contributed by atoms with Gasteiger partial charge in [-0.1, -0.05) is 148 Å². The number of hydrogen-bond donors (Lipinski definition) is 1. The second-order valence-corrected chi connectivity index (χ2v) is 10.8. The fraction of sp³-hybridized carbons (Fsp3) is 0.938. The van der Waals surface area contributed by atoms with E-state index < -0.39 is 0 Å². The normalized spacial score (nSPS) is 12.9. The first-order valence-corrected chi connectivity index (χ1v) is 15.6. The molecule has 1 nitrogen and oxygen atoms in total. The first kappa shape index (κ1) is 32.7. The van der Waals surface area contributed by atoms with Gasteiger partial charge in [-0.25, -0.2) is 0 Å². The summed E-state index contributed by atoms with van der Waals surface area (Å²) in [5.41, 5.74) is 0. The molecule has 0 saturated heterocycles. The Bertz CT molecular complexity index is 355. The van der Waals surface area contributed by atoms with E-state index in [1.165, 1.54) is 141 Å². The molecule has 0 rings (SSSR count). The van der Waals surface area contributed by atoms with Gasteiger partial charge >= 0.3 is 0 Å². The lowest BCUT2D eigenvalue weighted by Crippen LogP contribution is -2.20. The Balaban J connectivity index is 4.10. The smallest absolute Gasteiger partial charge is 0.0568 e. The standard InChI is InChI=1S/C32H64O/c1-4-7-10-13-16-19-22-25-28-31(29-26-23-20-17-14-11-8-5-2)32(33)30-27-24-21-18-15-12-9-6-3/h18,21,31-33H,4-17,19-20,22-30H2,1-3H3/b21-18-. The maximum atomic E-state index is 11.0. The van der Waals surface area contributed by atoms with E-state index in [0.717, 1.165) is 19.3 Å². The largest absolute Gasteiger partial charge is 0.393 e. The Morgan fingerprint density at radius 3 is 1.24 bits per heavy atom. The average molecular weight is 465 g/mol. The average Bonchev–Trinajstić information content (AvgIpc) is 2.82. The fourth-order valence-corrected chi connectivity index (χ4v) is 5.04. The Morgan fingerprint density at radius 1 is 0.424 bits per heavy atom. The van der Waals surface area contributed by atoms with Crippen LogP contribution in [0.4, 0.5) is 0 Å². The highest BCUT2D eigenvalue weighted by atomic mass is 16.3. The molecule has 1 unspecified atom stereocenters. The van der Waals surface area contributed by atoms with E-state index in [-0.39, 0.29) is 6.10 Å². The van der Waals surface area contributed by atoms with Crippen LogP contribution in [0.3, 0.4) is 0 Å². The lowest BCUT2D eigenvalue weighted by Gasteiger charge is -2.23. The number of aliphatic hydroxyl groups is 1. The van der Waals surface area contributed by atoms with E-state index in [2.05, 4.69) is 32.9 Å². The van der Waals surface area contributed by atoms with Gasteiger partial charge in [0.2, 0.25) is 0 Å². The summed E-state index contributed by atoms with van der Waals surface area (Å²) in [5, 5.41) is 11.0. The molecule has 0 saturated carbocycles. The molecule has 0 radical (unpaired) electrons. The highest BCUT2D eigenvalue weighted by Gasteiger charge is 2.18. The topological polar surface area (TPSA) is 20.2 Å². The minimum atomic E-state index is -0.0763. The Hall–Kier alpha value is -0.300. The van der Waals surface area contributed by atoms with E-state index >= 15 is 0 Å². The summed E-state index contributed by atoms with van der Waals surface area (Å²) in [6.07, 6.45) is 37.8. The number of unbranched alkanes of at least 4 members (excludes halogenated alkanes) is 18. The van der Waals surface area contributed by atoms with Gasteiger partial charge in [-0.3, -0.25) is 0 Å². The fourth-order valence-electron chi connectivity index (χ4n) is 5.04. The molecule has 0 aromatic carbocycles. The van der Waals surface area contributed by atoms with Crippen LogP contribution >= 0.6 is 0 Å². The molecule has 0 aliphatic heterocycles. The molecule has 0 amide bonds. The van der Waals surface area contributed by atoms with Gasteiger partial charge in [0.1, 0.15) is 0 Å². The molecule has 198 valence electrons. The van der Waals surface area contributed by atoms with Crippen molar-refractivity contribution in [1.29, 1.82) is 0 Å². The first-order chi connectivity index (χ1) is 16.3. The number of aliphatic hydroxyl groups excluding tert-OH is 1. The van der Waals surface area contributed by atoms with Crippen molar-refractivity contribution in [2.45, 2.75) is 187 Å². The summed E-state index contributed by atoms with van der Waals surface area (Å²) in [7, 11) is 0. The summed E-state index contributed by atoms with van der Waals surface area (Å²) in [5.74, 6) is 0.540. The second kappa shape index (κ2) is 27.9. The predicted octanol–water partition coefficient (Wildman–Crippen LogP) is 11.3. The third-order valence-corrected chi connectivity index (χ3v) is 7.41. The Morgan fingerprint density at radius 2 is 0.788 bits per heavy atom. The highest BCUT2D eigenvalue weighted by Crippen LogP contribution is 2.25. The molecule has 1 N–H and O–H groups in total. The molecule has 0 heterocycles. The monoisotopic (exact) mass is 464 g/mol. The van der Waals surface area contributed by atoms with Crippen LogP contribution in [-0.2, 0) is 0 Å². The zero-order valence-electron chi connectivity index (χ0n) is 23.4. The van der Waals surface area contributed by atoms with Crippen molar-refractivity contribution in [2.75, 3.05) is 0 Å². The molecule has 0 aliphatic rings. The summed E-state index contributed by atoms with van der Waals surface area (Å²) in [4.78, 5) is 0. The van der Waals surface area contributed by atoms with Crippen LogP contribution in [0.15, 0.2) is 12.2 Å². The van der Waals surface area contributed by atoms with Gasteiger partial charge in [-0.15, -0.1) is 0 Å². The van der Waals surface area contributed by atoms with Crippen molar-refractivity contribution >= 4 is 0 Å². The summed E-state index contributed by atoms with van der Waals surface area (Å²) < 4.78 is 0. The number of rotatable bonds is 27. The molecule has 0 bridgehead atoms. The van der Waals surface area contributed by atoms with Gasteiger partial charge in [0.25, 0.3) is 0 Å².